The number of carbonyl (C=O) groups excluding carboxylic acids is 1. The van der Waals surface area contributed by atoms with E-state index in [0.717, 1.165) is 31.4 Å². The smallest absolute Gasteiger partial charge is 0.272 e. The maximum Gasteiger partial charge on any atom is 0.272 e. The Labute approximate surface area is 140 Å². The molecule has 1 amide bonds. The number of hydrogen-bond donors (Lipinski definition) is 0. The lowest BCUT2D eigenvalue weighted by Crippen LogP contribution is -2.40. The number of pyridine rings is 1. The molecule has 0 saturated carbocycles. The predicted octanol–water partition coefficient (Wildman–Crippen LogP) is 3.84. The van der Waals surface area contributed by atoms with Crippen molar-refractivity contribution in [2.45, 2.75) is 25.7 Å². The van der Waals surface area contributed by atoms with Gasteiger partial charge in [0.1, 0.15) is 5.69 Å². The number of rotatable bonds is 4. The van der Waals surface area contributed by atoms with E-state index in [1.54, 1.807) is 24.4 Å². The van der Waals surface area contributed by atoms with E-state index < -0.39 is 11.6 Å². The lowest BCUT2D eigenvalue weighted by molar-refractivity contribution is 0.0662. The molecule has 2 aromatic rings. The van der Waals surface area contributed by atoms with Crippen LogP contribution in [0.15, 0.2) is 42.6 Å². The van der Waals surface area contributed by atoms with Gasteiger partial charge >= 0.3 is 0 Å². The zero-order valence-electron chi connectivity index (χ0n) is 13.4. The van der Waals surface area contributed by atoms with Crippen LogP contribution in [0.1, 0.15) is 35.3 Å². The molecule has 0 spiro atoms. The summed E-state index contributed by atoms with van der Waals surface area (Å²) in [5, 5.41) is 0. The standard InChI is InChI=1S/C19H20F2N2O/c20-16-9-8-14(12-17(16)21)6-7-15-4-3-11-23(13-15)19(24)18-5-1-2-10-22-18/h1-2,5,8-10,12,15H,3-4,6-7,11,13H2/t15-/m0/s1. The quantitative estimate of drug-likeness (QED) is 0.853. The van der Waals surface area contributed by atoms with Crippen LogP contribution in [0.2, 0.25) is 0 Å². The largest absolute Gasteiger partial charge is 0.337 e. The number of benzene rings is 1. The van der Waals surface area contributed by atoms with Crippen LogP contribution in [-0.4, -0.2) is 28.9 Å². The number of carbonyl (C=O) groups is 1. The fourth-order valence-corrected chi connectivity index (χ4v) is 3.20. The van der Waals surface area contributed by atoms with E-state index in [9.17, 15) is 13.6 Å². The molecule has 1 aromatic heterocycles. The Morgan fingerprint density at radius 1 is 1.21 bits per heavy atom. The molecule has 1 fully saturated rings. The van der Waals surface area contributed by atoms with Gasteiger partial charge in [-0.2, -0.15) is 0 Å². The molecule has 3 rings (SSSR count). The molecule has 1 saturated heterocycles. The van der Waals surface area contributed by atoms with Crippen LogP contribution in [0.3, 0.4) is 0 Å². The van der Waals surface area contributed by atoms with Crippen molar-refractivity contribution >= 4 is 5.91 Å². The van der Waals surface area contributed by atoms with Gasteiger partial charge < -0.3 is 4.90 Å². The van der Waals surface area contributed by atoms with Gasteiger partial charge in [0.2, 0.25) is 0 Å². The van der Waals surface area contributed by atoms with E-state index in [1.165, 1.54) is 12.1 Å². The second-order valence-corrected chi connectivity index (χ2v) is 6.26. The molecule has 0 bridgehead atoms. The van der Waals surface area contributed by atoms with Gasteiger partial charge in [-0.1, -0.05) is 12.1 Å². The second-order valence-electron chi connectivity index (χ2n) is 6.26. The molecule has 3 nitrogen and oxygen atoms in total. The Morgan fingerprint density at radius 3 is 2.83 bits per heavy atom. The van der Waals surface area contributed by atoms with Crippen molar-refractivity contribution in [3.05, 3.63) is 65.5 Å². The number of amides is 1. The third kappa shape index (κ3) is 3.96. The summed E-state index contributed by atoms with van der Waals surface area (Å²) in [7, 11) is 0. The molecule has 0 N–H and O–H groups in total. The van der Waals surface area contributed by atoms with Crippen molar-refractivity contribution in [1.29, 1.82) is 0 Å². The Bertz CT molecular complexity index is 706. The second kappa shape index (κ2) is 7.51. The number of hydrogen-bond acceptors (Lipinski definition) is 2. The van der Waals surface area contributed by atoms with E-state index >= 15 is 0 Å². The first-order chi connectivity index (χ1) is 11.6. The monoisotopic (exact) mass is 330 g/mol. The first-order valence-electron chi connectivity index (χ1n) is 8.27. The Hall–Kier alpha value is -2.30. The van der Waals surface area contributed by atoms with Gasteiger partial charge in [0.25, 0.3) is 5.91 Å². The fraction of sp³-hybridized carbons (Fsp3) is 0.368. The summed E-state index contributed by atoms with van der Waals surface area (Å²) in [4.78, 5) is 18.4. The lowest BCUT2D eigenvalue weighted by Gasteiger charge is -2.32. The third-order valence-electron chi connectivity index (χ3n) is 4.52. The minimum Gasteiger partial charge on any atom is -0.337 e. The summed E-state index contributed by atoms with van der Waals surface area (Å²) in [6.45, 7) is 1.44. The van der Waals surface area contributed by atoms with Gasteiger partial charge in [0.15, 0.2) is 11.6 Å². The van der Waals surface area contributed by atoms with Crippen LogP contribution in [0, 0.1) is 17.6 Å². The van der Waals surface area contributed by atoms with Crippen molar-refractivity contribution in [2.75, 3.05) is 13.1 Å². The van der Waals surface area contributed by atoms with Crippen molar-refractivity contribution < 1.29 is 13.6 Å². The van der Waals surface area contributed by atoms with Gasteiger partial charge in [-0.25, -0.2) is 8.78 Å². The number of piperidine rings is 1. The average Bonchev–Trinajstić information content (AvgIpc) is 2.63. The maximum absolute atomic E-state index is 13.3. The van der Waals surface area contributed by atoms with Crippen molar-refractivity contribution in [3.8, 4) is 0 Å². The topological polar surface area (TPSA) is 33.2 Å². The van der Waals surface area contributed by atoms with Crippen LogP contribution in [0.4, 0.5) is 8.78 Å². The number of nitrogens with zero attached hydrogens (tertiary/aromatic N) is 2. The Kier molecular flexibility index (Phi) is 5.18. The summed E-state index contributed by atoms with van der Waals surface area (Å²) < 4.78 is 26.2. The molecule has 1 atom stereocenters. The van der Waals surface area contributed by atoms with E-state index in [0.29, 0.717) is 24.6 Å². The number of halogens is 2. The van der Waals surface area contributed by atoms with E-state index in [1.807, 2.05) is 11.0 Å². The fourth-order valence-electron chi connectivity index (χ4n) is 3.20. The van der Waals surface area contributed by atoms with Gasteiger partial charge in [0, 0.05) is 19.3 Å². The first kappa shape index (κ1) is 16.6. The van der Waals surface area contributed by atoms with Crippen molar-refractivity contribution in [2.24, 2.45) is 5.92 Å². The summed E-state index contributed by atoms with van der Waals surface area (Å²) in [6.07, 6.45) is 5.18. The molecule has 2 heterocycles. The summed E-state index contributed by atoms with van der Waals surface area (Å²) in [5.74, 6) is -1.28. The zero-order chi connectivity index (χ0) is 16.9. The maximum atomic E-state index is 13.3. The number of aromatic nitrogens is 1. The highest BCUT2D eigenvalue weighted by Gasteiger charge is 2.24. The molecular weight excluding hydrogens is 310 g/mol. The molecule has 126 valence electrons. The predicted molar refractivity (Wildman–Crippen MR) is 87.5 cm³/mol. The van der Waals surface area contributed by atoms with E-state index in [2.05, 4.69) is 4.98 Å². The summed E-state index contributed by atoms with van der Waals surface area (Å²) in [6, 6.07) is 9.38. The molecule has 1 aliphatic rings. The van der Waals surface area contributed by atoms with Crippen molar-refractivity contribution in [1.82, 2.24) is 9.88 Å². The van der Waals surface area contributed by atoms with E-state index in [4.69, 9.17) is 0 Å². The Balaban J connectivity index is 1.57. The molecule has 0 unspecified atom stereocenters. The summed E-state index contributed by atoms with van der Waals surface area (Å²) in [5.41, 5.74) is 1.26. The first-order valence-corrected chi connectivity index (χ1v) is 8.27. The van der Waals surface area contributed by atoms with Crippen LogP contribution in [-0.2, 0) is 6.42 Å². The molecule has 0 radical (unpaired) electrons. The lowest BCUT2D eigenvalue weighted by atomic mass is 9.91. The normalized spacial score (nSPS) is 17.8. The highest BCUT2D eigenvalue weighted by atomic mass is 19.2. The molecule has 5 heteroatoms. The number of likely N-dealkylation sites (tertiary alicyclic amines) is 1. The highest BCUT2D eigenvalue weighted by Crippen LogP contribution is 2.23. The van der Waals surface area contributed by atoms with Crippen LogP contribution < -0.4 is 0 Å². The number of aryl methyl sites for hydroxylation is 1. The highest BCUT2D eigenvalue weighted by molar-refractivity contribution is 5.92. The van der Waals surface area contributed by atoms with Crippen LogP contribution in [0.5, 0.6) is 0 Å². The van der Waals surface area contributed by atoms with Crippen LogP contribution in [0.25, 0.3) is 0 Å². The Morgan fingerprint density at radius 2 is 2.08 bits per heavy atom. The minimum atomic E-state index is -0.816. The van der Waals surface area contributed by atoms with Gasteiger partial charge in [-0.05, 0) is 61.4 Å². The molecule has 24 heavy (non-hydrogen) atoms. The van der Waals surface area contributed by atoms with E-state index in [-0.39, 0.29) is 5.91 Å². The molecular formula is C19H20F2N2O. The van der Waals surface area contributed by atoms with Gasteiger partial charge in [0.05, 0.1) is 0 Å². The molecule has 0 aliphatic carbocycles. The van der Waals surface area contributed by atoms with Crippen LogP contribution >= 0.6 is 0 Å². The van der Waals surface area contributed by atoms with Gasteiger partial charge in [-0.3, -0.25) is 9.78 Å². The minimum absolute atomic E-state index is 0.0341. The zero-order valence-corrected chi connectivity index (χ0v) is 13.4. The SMILES string of the molecule is O=C(c1ccccn1)N1CCC[C@@H](CCc2ccc(F)c(F)c2)C1. The summed E-state index contributed by atoms with van der Waals surface area (Å²) >= 11 is 0. The average molecular weight is 330 g/mol. The molecule has 1 aliphatic heterocycles. The van der Waals surface area contributed by atoms with Gasteiger partial charge in [-0.15, -0.1) is 0 Å². The molecule has 1 aromatic carbocycles. The third-order valence-corrected chi connectivity index (χ3v) is 4.52. The van der Waals surface area contributed by atoms with Crippen molar-refractivity contribution in [3.63, 3.8) is 0 Å².